The number of hydrogen-bond donors (Lipinski definition) is 0. The van der Waals surface area contributed by atoms with E-state index in [1.807, 2.05) is 0 Å². The Bertz CT molecular complexity index is 855. The van der Waals surface area contributed by atoms with E-state index in [0.717, 1.165) is 5.56 Å². The SMILES string of the molecule is O=C(c1cc(C(F)(F)F)cc(C(F)(F)F)c1)N1CCCC(c2ccc(F)cc2)C1. The van der Waals surface area contributed by atoms with Gasteiger partial charge in [-0.3, -0.25) is 4.79 Å². The van der Waals surface area contributed by atoms with E-state index in [1.165, 1.54) is 17.0 Å². The predicted molar refractivity (Wildman–Crippen MR) is 90.7 cm³/mol. The van der Waals surface area contributed by atoms with Crippen LogP contribution in [0, 0.1) is 5.82 Å². The summed E-state index contributed by atoms with van der Waals surface area (Å²) in [7, 11) is 0. The Morgan fingerprint density at radius 1 is 0.897 bits per heavy atom. The molecular weight excluding hydrogens is 403 g/mol. The van der Waals surface area contributed by atoms with Gasteiger partial charge in [-0.25, -0.2) is 4.39 Å². The maximum absolute atomic E-state index is 13.1. The van der Waals surface area contributed by atoms with E-state index in [4.69, 9.17) is 0 Å². The maximum atomic E-state index is 13.1. The summed E-state index contributed by atoms with van der Waals surface area (Å²) in [6, 6.07) is 6.52. The van der Waals surface area contributed by atoms with Gasteiger partial charge in [0.15, 0.2) is 0 Å². The van der Waals surface area contributed by atoms with Crippen molar-refractivity contribution in [1.29, 1.82) is 0 Å². The lowest BCUT2D eigenvalue weighted by molar-refractivity contribution is -0.143. The van der Waals surface area contributed by atoms with Gasteiger partial charge in [0.05, 0.1) is 11.1 Å². The highest BCUT2D eigenvalue weighted by molar-refractivity contribution is 5.94. The molecule has 156 valence electrons. The molecule has 1 unspecified atom stereocenters. The Labute approximate surface area is 161 Å². The van der Waals surface area contributed by atoms with Crippen molar-refractivity contribution in [2.24, 2.45) is 0 Å². The number of likely N-dealkylation sites (tertiary alicyclic amines) is 1. The Kier molecular flexibility index (Phi) is 5.60. The number of hydrogen-bond acceptors (Lipinski definition) is 1. The molecule has 0 saturated carbocycles. The van der Waals surface area contributed by atoms with Crippen LogP contribution in [0.4, 0.5) is 30.7 Å². The summed E-state index contributed by atoms with van der Waals surface area (Å²) in [6.45, 7) is 0.343. The van der Waals surface area contributed by atoms with E-state index in [0.29, 0.717) is 25.0 Å². The average molecular weight is 419 g/mol. The van der Waals surface area contributed by atoms with Gasteiger partial charge in [0, 0.05) is 24.6 Å². The van der Waals surface area contributed by atoms with Crippen molar-refractivity contribution >= 4 is 5.91 Å². The van der Waals surface area contributed by atoms with E-state index in [-0.39, 0.29) is 25.1 Å². The molecule has 0 bridgehead atoms. The minimum Gasteiger partial charge on any atom is -0.338 e. The summed E-state index contributed by atoms with van der Waals surface area (Å²) in [5, 5.41) is 0. The lowest BCUT2D eigenvalue weighted by Crippen LogP contribution is -2.39. The number of nitrogens with zero attached hydrogens (tertiary/aromatic N) is 1. The zero-order valence-corrected chi connectivity index (χ0v) is 14.9. The van der Waals surface area contributed by atoms with Crippen molar-refractivity contribution in [3.63, 3.8) is 0 Å². The third-order valence-electron chi connectivity index (χ3n) is 4.88. The van der Waals surface area contributed by atoms with Gasteiger partial charge in [-0.1, -0.05) is 12.1 Å². The van der Waals surface area contributed by atoms with Crippen molar-refractivity contribution in [1.82, 2.24) is 4.90 Å². The fourth-order valence-corrected chi connectivity index (χ4v) is 3.43. The van der Waals surface area contributed by atoms with Crippen LogP contribution in [-0.2, 0) is 12.4 Å². The van der Waals surface area contributed by atoms with E-state index in [1.54, 1.807) is 12.1 Å². The molecule has 29 heavy (non-hydrogen) atoms. The summed E-state index contributed by atoms with van der Waals surface area (Å²) in [6.07, 6.45) is -8.84. The molecule has 1 aliphatic rings. The first-order valence-corrected chi connectivity index (χ1v) is 8.79. The molecule has 0 N–H and O–H groups in total. The fourth-order valence-electron chi connectivity index (χ4n) is 3.43. The predicted octanol–water partition coefficient (Wildman–Crippen LogP) is 5.88. The van der Waals surface area contributed by atoms with Gasteiger partial charge >= 0.3 is 12.4 Å². The Morgan fingerprint density at radius 3 is 1.97 bits per heavy atom. The molecule has 0 spiro atoms. The Hall–Kier alpha value is -2.58. The number of carbonyl (C=O) groups excluding carboxylic acids is 1. The fraction of sp³-hybridized carbons (Fsp3) is 0.350. The van der Waals surface area contributed by atoms with Crippen molar-refractivity contribution in [3.05, 3.63) is 70.5 Å². The number of piperidine rings is 1. The van der Waals surface area contributed by atoms with E-state index < -0.39 is 40.8 Å². The molecule has 1 saturated heterocycles. The second-order valence-corrected chi connectivity index (χ2v) is 6.94. The molecular formula is C20H16F7NO. The molecule has 1 fully saturated rings. The number of halogens is 7. The zero-order valence-electron chi connectivity index (χ0n) is 14.9. The third kappa shape index (κ3) is 4.89. The highest BCUT2D eigenvalue weighted by atomic mass is 19.4. The molecule has 1 amide bonds. The first-order valence-electron chi connectivity index (χ1n) is 8.79. The average Bonchev–Trinajstić information content (AvgIpc) is 2.66. The second-order valence-electron chi connectivity index (χ2n) is 6.94. The number of benzene rings is 2. The molecule has 0 radical (unpaired) electrons. The first kappa shape index (κ1) is 21.1. The zero-order chi connectivity index (χ0) is 21.4. The summed E-state index contributed by atoms with van der Waals surface area (Å²) < 4.78 is 91.3. The Balaban J connectivity index is 1.89. The minimum atomic E-state index is -5.02. The minimum absolute atomic E-state index is 0.00565. The second kappa shape index (κ2) is 7.68. The van der Waals surface area contributed by atoms with Gasteiger partial charge in [-0.15, -0.1) is 0 Å². The lowest BCUT2D eigenvalue weighted by Gasteiger charge is -2.33. The van der Waals surface area contributed by atoms with Gasteiger partial charge in [0.2, 0.25) is 0 Å². The summed E-state index contributed by atoms with van der Waals surface area (Å²) in [4.78, 5) is 14.0. The molecule has 1 heterocycles. The number of rotatable bonds is 2. The van der Waals surface area contributed by atoms with Crippen LogP contribution in [0.25, 0.3) is 0 Å². The first-order chi connectivity index (χ1) is 13.4. The van der Waals surface area contributed by atoms with Crippen molar-refractivity contribution in [3.8, 4) is 0 Å². The van der Waals surface area contributed by atoms with Crippen LogP contribution in [-0.4, -0.2) is 23.9 Å². The molecule has 1 atom stereocenters. The van der Waals surface area contributed by atoms with Gasteiger partial charge < -0.3 is 4.90 Å². The monoisotopic (exact) mass is 419 g/mol. The largest absolute Gasteiger partial charge is 0.416 e. The molecule has 9 heteroatoms. The topological polar surface area (TPSA) is 20.3 Å². The summed E-state index contributed by atoms with van der Waals surface area (Å²) >= 11 is 0. The molecule has 2 aromatic carbocycles. The van der Waals surface area contributed by atoms with Crippen LogP contribution < -0.4 is 0 Å². The van der Waals surface area contributed by atoms with Crippen molar-refractivity contribution in [2.75, 3.05) is 13.1 Å². The van der Waals surface area contributed by atoms with Gasteiger partial charge in [-0.2, -0.15) is 26.3 Å². The summed E-state index contributed by atoms with van der Waals surface area (Å²) in [5.41, 5.74) is -2.96. The van der Waals surface area contributed by atoms with Gasteiger partial charge in [0.1, 0.15) is 5.82 Å². The quantitative estimate of drug-likeness (QED) is 0.557. The number of alkyl halides is 6. The van der Waals surface area contributed by atoms with Crippen molar-refractivity contribution in [2.45, 2.75) is 31.1 Å². The van der Waals surface area contributed by atoms with Gasteiger partial charge in [0.25, 0.3) is 5.91 Å². The molecule has 1 aliphatic heterocycles. The third-order valence-corrected chi connectivity index (χ3v) is 4.88. The smallest absolute Gasteiger partial charge is 0.338 e. The number of carbonyl (C=O) groups is 1. The summed E-state index contributed by atoms with van der Waals surface area (Å²) in [5.74, 6) is -1.50. The van der Waals surface area contributed by atoms with Crippen LogP contribution in [0.1, 0.15) is 45.8 Å². The molecule has 0 aliphatic carbocycles. The lowest BCUT2D eigenvalue weighted by atomic mass is 9.90. The maximum Gasteiger partial charge on any atom is 0.416 e. The van der Waals surface area contributed by atoms with Crippen LogP contribution in [0.2, 0.25) is 0 Å². The standard InChI is InChI=1S/C20H16F7NO/c21-17-5-3-12(4-6-17)13-2-1-7-28(11-13)18(29)14-8-15(19(22,23)24)10-16(9-14)20(25,26)27/h3-6,8-10,13H,1-2,7,11H2. The highest BCUT2D eigenvalue weighted by Gasteiger charge is 2.38. The highest BCUT2D eigenvalue weighted by Crippen LogP contribution is 2.37. The molecule has 0 aromatic heterocycles. The van der Waals surface area contributed by atoms with Crippen LogP contribution in [0.15, 0.2) is 42.5 Å². The molecule has 2 aromatic rings. The van der Waals surface area contributed by atoms with Crippen molar-refractivity contribution < 1.29 is 35.5 Å². The van der Waals surface area contributed by atoms with Crippen LogP contribution >= 0.6 is 0 Å². The normalized spacial score (nSPS) is 18.0. The van der Waals surface area contributed by atoms with E-state index in [2.05, 4.69) is 0 Å². The number of amides is 1. The van der Waals surface area contributed by atoms with Gasteiger partial charge in [-0.05, 0) is 48.7 Å². The Morgan fingerprint density at radius 2 is 1.45 bits per heavy atom. The molecule has 3 rings (SSSR count). The van der Waals surface area contributed by atoms with E-state index in [9.17, 15) is 35.5 Å². The van der Waals surface area contributed by atoms with Crippen LogP contribution in [0.3, 0.4) is 0 Å². The van der Waals surface area contributed by atoms with E-state index >= 15 is 0 Å². The molecule has 2 nitrogen and oxygen atoms in total. The van der Waals surface area contributed by atoms with Crippen LogP contribution in [0.5, 0.6) is 0 Å².